The van der Waals surface area contributed by atoms with Gasteiger partial charge in [0.25, 0.3) is 0 Å². The number of aromatic nitrogens is 3. The second kappa shape index (κ2) is 11.6. The molecule has 0 bridgehead atoms. The highest BCUT2D eigenvalue weighted by atomic mass is 32.2. The van der Waals surface area contributed by atoms with E-state index >= 15 is 0 Å². The van der Waals surface area contributed by atoms with E-state index in [-0.39, 0.29) is 23.0 Å². The number of carbonyl (C=O) groups excluding carboxylic acids is 1. The van der Waals surface area contributed by atoms with Crippen LogP contribution in [0.25, 0.3) is 0 Å². The molecule has 1 amide bonds. The number of rotatable bonds is 9. The molecule has 8 heteroatoms. The summed E-state index contributed by atoms with van der Waals surface area (Å²) in [5.74, 6) is 0.554. The van der Waals surface area contributed by atoms with E-state index in [0.717, 1.165) is 36.2 Å². The third-order valence-electron chi connectivity index (χ3n) is 6.17. The van der Waals surface area contributed by atoms with Gasteiger partial charge in [-0.3, -0.25) is 9.69 Å². The SMILES string of the molecule is CC(Sc1nnc(CN2CCCCC2)n1Cc1ccccc1)C(=O)NC(C)c1ccc(F)cc1. The fraction of sp³-hybridized carbons (Fsp3) is 0.423. The monoisotopic (exact) mass is 481 g/mol. The van der Waals surface area contributed by atoms with Crippen molar-refractivity contribution in [2.24, 2.45) is 0 Å². The molecular weight excluding hydrogens is 449 g/mol. The van der Waals surface area contributed by atoms with Gasteiger partial charge < -0.3 is 9.88 Å². The predicted molar refractivity (Wildman–Crippen MR) is 133 cm³/mol. The standard InChI is InChI=1S/C26H32FN5OS/c1-19(22-11-13-23(27)14-12-22)28-25(33)20(2)34-26-30-29-24(18-31-15-7-4-8-16-31)32(26)17-21-9-5-3-6-10-21/h3,5-6,9-14,19-20H,4,7-8,15-18H2,1-2H3,(H,28,33). The number of halogens is 1. The number of hydrogen-bond donors (Lipinski definition) is 1. The van der Waals surface area contributed by atoms with E-state index in [1.165, 1.54) is 48.7 Å². The molecule has 4 rings (SSSR count). The first-order valence-electron chi connectivity index (χ1n) is 11.9. The minimum atomic E-state index is -0.357. The molecule has 180 valence electrons. The average Bonchev–Trinajstić information content (AvgIpc) is 3.21. The van der Waals surface area contributed by atoms with Crippen molar-refractivity contribution in [1.82, 2.24) is 25.0 Å². The van der Waals surface area contributed by atoms with Crippen LogP contribution in [-0.4, -0.2) is 43.9 Å². The summed E-state index contributed by atoms with van der Waals surface area (Å²) in [6, 6.07) is 16.3. The average molecular weight is 482 g/mol. The maximum absolute atomic E-state index is 13.2. The lowest BCUT2D eigenvalue weighted by molar-refractivity contribution is -0.120. The maximum Gasteiger partial charge on any atom is 0.233 e. The Hall–Kier alpha value is -2.71. The highest BCUT2D eigenvalue weighted by Gasteiger charge is 2.23. The number of thioether (sulfide) groups is 1. The Bertz CT molecular complexity index is 1070. The molecule has 2 heterocycles. The van der Waals surface area contributed by atoms with Crippen molar-refractivity contribution in [2.45, 2.75) is 62.6 Å². The van der Waals surface area contributed by atoms with Gasteiger partial charge in [0.15, 0.2) is 5.16 Å². The molecule has 2 atom stereocenters. The predicted octanol–water partition coefficient (Wildman–Crippen LogP) is 4.81. The summed E-state index contributed by atoms with van der Waals surface area (Å²) in [7, 11) is 0. The highest BCUT2D eigenvalue weighted by Crippen LogP contribution is 2.25. The lowest BCUT2D eigenvalue weighted by Gasteiger charge is -2.26. The largest absolute Gasteiger partial charge is 0.349 e. The van der Waals surface area contributed by atoms with Crippen molar-refractivity contribution in [3.8, 4) is 0 Å². The molecule has 0 aliphatic carbocycles. The minimum Gasteiger partial charge on any atom is -0.349 e. The lowest BCUT2D eigenvalue weighted by Crippen LogP contribution is -2.33. The normalized spacial score (nSPS) is 16.2. The first-order valence-corrected chi connectivity index (χ1v) is 12.8. The summed E-state index contributed by atoms with van der Waals surface area (Å²) in [5.41, 5.74) is 2.04. The molecule has 1 saturated heterocycles. The number of hydrogen-bond acceptors (Lipinski definition) is 5. The third kappa shape index (κ3) is 6.45. The van der Waals surface area contributed by atoms with Gasteiger partial charge in [-0.1, -0.05) is 60.6 Å². The van der Waals surface area contributed by atoms with E-state index in [4.69, 9.17) is 0 Å². The molecule has 1 aliphatic rings. The van der Waals surface area contributed by atoms with Gasteiger partial charge in [-0.2, -0.15) is 0 Å². The van der Waals surface area contributed by atoms with E-state index in [9.17, 15) is 9.18 Å². The zero-order valence-corrected chi connectivity index (χ0v) is 20.6. The van der Waals surface area contributed by atoms with Gasteiger partial charge in [0.1, 0.15) is 11.6 Å². The van der Waals surface area contributed by atoms with E-state index in [2.05, 4.69) is 37.1 Å². The summed E-state index contributed by atoms with van der Waals surface area (Å²) >= 11 is 1.42. The second-order valence-electron chi connectivity index (χ2n) is 8.85. The van der Waals surface area contributed by atoms with Gasteiger partial charge in [-0.05, 0) is 63.0 Å². The summed E-state index contributed by atoms with van der Waals surface area (Å²) in [4.78, 5) is 15.4. The smallest absolute Gasteiger partial charge is 0.233 e. The van der Waals surface area contributed by atoms with Crippen LogP contribution < -0.4 is 5.32 Å². The van der Waals surface area contributed by atoms with Crippen LogP contribution in [0, 0.1) is 5.82 Å². The Morgan fingerprint density at radius 3 is 2.41 bits per heavy atom. The summed E-state index contributed by atoms with van der Waals surface area (Å²) in [6.07, 6.45) is 3.73. The van der Waals surface area contributed by atoms with Crippen LogP contribution in [0.1, 0.15) is 56.1 Å². The Balaban J connectivity index is 1.46. The third-order valence-corrected chi connectivity index (χ3v) is 7.25. The topological polar surface area (TPSA) is 63.1 Å². The molecule has 2 aromatic carbocycles. The molecular formula is C26H32FN5OS. The zero-order chi connectivity index (χ0) is 23.9. The first kappa shape index (κ1) is 24.4. The van der Waals surface area contributed by atoms with Crippen molar-refractivity contribution in [3.63, 3.8) is 0 Å². The van der Waals surface area contributed by atoms with Crippen molar-refractivity contribution in [1.29, 1.82) is 0 Å². The van der Waals surface area contributed by atoms with Gasteiger partial charge >= 0.3 is 0 Å². The molecule has 1 fully saturated rings. The van der Waals surface area contributed by atoms with Crippen LogP contribution in [0.3, 0.4) is 0 Å². The number of nitrogens with one attached hydrogen (secondary N) is 1. The van der Waals surface area contributed by atoms with Crippen molar-refractivity contribution < 1.29 is 9.18 Å². The summed E-state index contributed by atoms with van der Waals surface area (Å²) in [6.45, 7) is 7.38. The number of benzene rings is 2. The molecule has 3 aromatic rings. The van der Waals surface area contributed by atoms with Crippen molar-refractivity contribution in [2.75, 3.05) is 13.1 Å². The van der Waals surface area contributed by atoms with Crippen molar-refractivity contribution >= 4 is 17.7 Å². The molecule has 1 aromatic heterocycles. The first-order chi connectivity index (χ1) is 16.5. The maximum atomic E-state index is 13.2. The molecule has 34 heavy (non-hydrogen) atoms. The number of piperidine rings is 1. The number of nitrogens with zero attached hydrogens (tertiary/aromatic N) is 4. The van der Waals surface area contributed by atoms with Crippen molar-refractivity contribution in [3.05, 3.63) is 77.4 Å². The van der Waals surface area contributed by atoms with Crippen LogP contribution >= 0.6 is 11.8 Å². The van der Waals surface area contributed by atoms with Gasteiger partial charge in [-0.25, -0.2) is 4.39 Å². The van der Waals surface area contributed by atoms with Crippen LogP contribution in [0.5, 0.6) is 0 Å². The fourth-order valence-corrected chi connectivity index (χ4v) is 5.02. The zero-order valence-electron chi connectivity index (χ0n) is 19.8. The summed E-state index contributed by atoms with van der Waals surface area (Å²) < 4.78 is 15.4. The molecule has 0 radical (unpaired) electrons. The molecule has 2 unspecified atom stereocenters. The van der Waals surface area contributed by atoms with Gasteiger partial charge in [0, 0.05) is 0 Å². The Labute approximate surface area is 205 Å². The molecule has 1 aliphatic heterocycles. The molecule has 0 spiro atoms. The van der Waals surface area contributed by atoms with Gasteiger partial charge in [-0.15, -0.1) is 10.2 Å². The highest BCUT2D eigenvalue weighted by molar-refractivity contribution is 8.00. The van der Waals surface area contributed by atoms with Crippen LogP contribution in [0.4, 0.5) is 4.39 Å². The Kier molecular flexibility index (Phi) is 8.34. The molecule has 0 saturated carbocycles. The van der Waals surface area contributed by atoms with E-state index < -0.39 is 0 Å². The minimum absolute atomic E-state index is 0.0892. The fourth-order valence-electron chi connectivity index (χ4n) is 4.14. The lowest BCUT2D eigenvalue weighted by atomic mass is 10.1. The van der Waals surface area contributed by atoms with E-state index in [0.29, 0.717) is 6.54 Å². The number of carbonyl (C=O) groups is 1. The van der Waals surface area contributed by atoms with E-state index in [1.54, 1.807) is 12.1 Å². The van der Waals surface area contributed by atoms with Crippen LogP contribution in [0.2, 0.25) is 0 Å². The Morgan fingerprint density at radius 1 is 1.00 bits per heavy atom. The second-order valence-corrected chi connectivity index (χ2v) is 10.2. The Morgan fingerprint density at radius 2 is 1.71 bits per heavy atom. The quantitative estimate of drug-likeness (QED) is 0.445. The molecule has 6 nitrogen and oxygen atoms in total. The van der Waals surface area contributed by atoms with Gasteiger partial charge in [0.05, 0.1) is 24.4 Å². The van der Waals surface area contributed by atoms with Gasteiger partial charge in [0.2, 0.25) is 5.91 Å². The summed E-state index contributed by atoms with van der Waals surface area (Å²) in [5, 5.41) is 12.4. The van der Waals surface area contributed by atoms with E-state index in [1.807, 2.05) is 32.0 Å². The van der Waals surface area contributed by atoms with Crippen LogP contribution in [0.15, 0.2) is 59.8 Å². The molecule has 1 N–H and O–H groups in total. The number of amides is 1. The number of likely N-dealkylation sites (tertiary alicyclic amines) is 1. The van der Waals surface area contributed by atoms with Crippen LogP contribution in [-0.2, 0) is 17.9 Å².